The number of hydrogen-bond donors (Lipinski definition) is 3. The minimum atomic E-state index is -1.82. The number of nitrogens with one attached hydrogen (secondary N) is 1. The van der Waals surface area contributed by atoms with Gasteiger partial charge >= 0.3 is 11.9 Å². The van der Waals surface area contributed by atoms with Gasteiger partial charge in [0.2, 0.25) is 0 Å². The molecule has 0 heterocycles. The molecule has 0 aliphatic heterocycles. The molecule has 0 aromatic heterocycles. The van der Waals surface area contributed by atoms with E-state index in [9.17, 15) is 4.39 Å². The smallest absolute Gasteiger partial charge is 0.414 e. The van der Waals surface area contributed by atoms with Crippen molar-refractivity contribution in [2.75, 3.05) is 6.54 Å². The summed E-state index contributed by atoms with van der Waals surface area (Å²) in [5.74, 6) is -3.83. The van der Waals surface area contributed by atoms with Crippen molar-refractivity contribution in [1.29, 1.82) is 0 Å². The monoisotopic (exact) mass is 319 g/mol. The van der Waals surface area contributed by atoms with Crippen molar-refractivity contribution < 1.29 is 24.2 Å². The highest BCUT2D eigenvalue weighted by Crippen LogP contribution is 2.02. The quantitative estimate of drug-likeness (QED) is 0.581. The lowest BCUT2D eigenvalue weighted by atomic mass is 10.1. The van der Waals surface area contributed by atoms with E-state index in [0.29, 0.717) is 0 Å². The minimum absolute atomic E-state index is 0.182. The van der Waals surface area contributed by atoms with Crippen molar-refractivity contribution >= 4 is 11.9 Å². The lowest BCUT2D eigenvalue weighted by Gasteiger charge is -2.05. The molecule has 5 nitrogen and oxygen atoms in total. The fourth-order valence-corrected chi connectivity index (χ4v) is 1.71. The van der Waals surface area contributed by atoms with Crippen LogP contribution in [0.5, 0.6) is 0 Å². The van der Waals surface area contributed by atoms with Crippen LogP contribution in [-0.2, 0) is 22.6 Å². The summed E-state index contributed by atoms with van der Waals surface area (Å²) in [5, 5.41) is 18.1. The summed E-state index contributed by atoms with van der Waals surface area (Å²) >= 11 is 0. The van der Waals surface area contributed by atoms with Gasteiger partial charge in [-0.2, -0.15) is 0 Å². The Morgan fingerprint density at radius 3 is 1.96 bits per heavy atom. The van der Waals surface area contributed by atoms with Crippen LogP contribution in [0.2, 0.25) is 0 Å². The number of benzene rings is 2. The van der Waals surface area contributed by atoms with Crippen molar-refractivity contribution in [3.8, 4) is 0 Å². The first-order valence-electron chi connectivity index (χ1n) is 6.94. The highest BCUT2D eigenvalue weighted by atomic mass is 19.1. The van der Waals surface area contributed by atoms with Crippen LogP contribution in [0.1, 0.15) is 11.1 Å². The Balaban J connectivity index is 0.000000379. The van der Waals surface area contributed by atoms with Gasteiger partial charge in [-0.05, 0) is 36.2 Å². The van der Waals surface area contributed by atoms with Crippen molar-refractivity contribution in [3.05, 3.63) is 71.5 Å². The summed E-state index contributed by atoms with van der Waals surface area (Å²) in [7, 11) is 0. The molecule has 2 aromatic carbocycles. The van der Waals surface area contributed by atoms with E-state index >= 15 is 0 Å². The number of carboxylic acids is 2. The van der Waals surface area contributed by atoms with Crippen molar-refractivity contribution in [1.82, 2.24) is 5.32 Å². The van der Waals surface area contributed by atoms with Crippen molar-refractivity contribution in [2.24, 2.45) is 0 Å². The zero-order valence-electron chi connectivity index (χ0n) is 12.4. The molecule has 0 fully saturated rings. The molecule has 122 valence electrons. The fourth-order valence-electron chi connectivity index (χ4n) is 1.71. The van der Waals surface area contributed by atoms with E-state index in [0.717, 1.165) is 25.1 Å². The van der Waals surface area contributed by atoms with Crippen LogP contribution in [0.15, 0.2) is 54.6 Å². The van der Waals surface area contributed by atoms with Crippen LogP contribution < -0.4 is 5.32 Å². The van der Waals surface area contributed by atoms with Crippen LogP contribution in [-0.4, -0.2) is 28.7 Å². The van der Waals surface area contributed by atoms with Crippen molar-refractivity contribution in [2.45, 2.75) is 13.0 Å². The molecule has 0 saturated carbocycles. The Labute approximate surface area is 133 Å². The van der Waals surface area contributed by atoms with Crippen molar-refractivity contribution in [3.63, 3.8) is 0 Å². The number of rotatable bonds is 5. The van der Waals surface area contributed by atoms with Gasteiger partial charge in [0.05, 0.1) is 0 Å². The lowest BCUT2D eigenvalue weighted by molar-refractivity contribution is -0.159. The molecule has 0 amide bonds. The lowest BCUT2D eigenvalue weighted by Crippen LogP contribution is -2.16. The molecule has 2 rings (SSSR count). The maximum Gasteiger partial charge on any atom is 0.414 e. The molecule has 0 saturated heterocycles. The zero-order chi connectivity index (χ0) is 17.1. The van der Waals surface area contributed by atoms with E-state index in [-0.39, 0.29) is 5.82 Å². The van der Waals surface area contributed by atoms with Gasteiger partial charge in [-0.25, -0.2) is 14.0 Å². The van der Waals surface area contributed by atoms with Gasteiger partial charge < -0.3 is 15.5 Å². The van der Waals surface area contributed by atoms with Gasteiger partial charge in [-0.3, -0.25) is 0 Å². The maximum atomic E-state index is 12.7. The van der Waals surface area contributed by atoms with Gasteiger partial charge in [0.25, 0.3) is 0 Å². The van der Waals surface area contributed by atoms with E-state index in [1.165, 1.54) is 17.7 Å². The first-order valence-corrected chi connectivity index (χ1v) is 6.94. The van der Waals surface area contributed by atoms with Gasteiger partial charge in [0, 0.05) is 6.54 Å². The van der Waals surface area contributed by atoms with Crippen LogP contribution in [0.25, 0.3) is 0 Å². The predicted molar refractivity (Wildman–Crippen MR) is 83.5 cm³/mol. The highest BCUT2D eigenvalue weighted by Gasteiger charge is 2.04. The average molecular weight is 319 g/mol. The second-order valence-corrected chi connectivity index (χ2v) is 4.65. The topological polar surface area (TPSA) is 86.6 Å². The molecule has 0 bridgehead atoms. The van der Waals surface area contributed by atoms with Gasteiger partial charge in [-0.1, -0.05) is 42.5 Å². The summed E-state index contributed by atoms with van der Waals surface area (Å²) in [5.41, 5.74) is 2.44. The SMILES string of the molecule is Fc1ccc(CNCCc2ccccc2)cc1.O=C(O)C(=O)O. The normalized spacial score (nSPS) is 9.61. The molecule has 2 aromatic rings. The number of carboxylic acid groups (broad SMARTS) is 2. The summed E-state index contributed by atoms with van der Waals surface area (Å²) in [6.45, 7) is 1.72. The number of aliphatic carboxylic acids is 2. The molecule has 0 atom stereocenters. The molecule has 23 heavy (non-hydrogen) atoms. The number of hydrogen-bond acceptors (Lipinski definition) is 3. The molecule has 0 radical (unpaired) electrons. The first-order chi connectivity index (χ1) is 11.0. The van der Waals surface area contributed by atoms with E-state index in [2.05, 4.69) is 29.6 Å². The molecule has 0 aliphatic carbocycles. The minimum Gasteiger partial charge on any atom is -0.473 e. The Morgan fingerprint density at radius 1 is 0.870 bits per heavy atom. The van der Waals surface area contributed by atoms with E-state index < -0.39 is 11.9 Å². The standard InChI is InChI=1S/C15H16FN.C2H2O4/c16-15-8-6-14(7-9-15)12-17-11-10-13-4-2-1-3-5-13;3-1(4)2(5)6/h1-9,17H,10-12H2;(H,3,4)(H,5,6). The van der Waals surface area contributed by atoms with Gasteiger partial charge in [0.1, 0.15) is 5.82 Å². The highest BCUT2D eigenvalue weighted by molar-refractivity contribution is 6.27. The van der Waals surface area contributed by atoms with E-state index in [4.69, 9.17) is 19.8 Å². The molecular weight excluding hydrogens is 301 g/mol. The van der Waals surface area contributed by atoms with Gasteiger partial charge in [0.15, 0.2) is 0 Å². The molecule has 0 aliphatic rings. The van der Waals surface area contributed by atoms with Gasteiger partial charge in [-0.15, -0.1) is 0 Å². The third-order valence-corrected chi connectivity index (χ3v) is 2.86. The summed E-state index contributed by atoms with van der Waals surface area (Å²) in [6, 6.07) is 17.0. The average Bonchev–Trinajstić information content (AvgIpc) is 2.55. The van der Waals surface area contributed by atoms with E-state index in [1.54, 1.807) is 0 Å². The Morgan fingerprint density at radius 2 is 1.43 bits per heavy atom. The van der Waals surface area contributed by atoms with Crippen LogP contribution in [0.4, 0.5) is 4.39 Å². The Bertz CT molecular complexity index is 602. The summed E-state index contributed by atoms with van der Waals surface area (Å²) < 4.78 is 12.7. The third kappa shape index (κ3) is 8.33. The second-order valence-electron chi connectivity index (χ2n) is 4.65. The zero-order valence-corrected chi connectivity index (χ0v) is 12.4. The Kier molecular flexibility index (Phi) is 8.02. The molecular formula is C17H18FNO4. The number of halogens is 1. The first kappa shape index (κ1) is 18.3. The van der Waals surface area contributed by atoms with Crippen LogP contribution in [0.3, 0.4) is 0 Å². The van der Waals surface area contributed by atoms with Crippen LogP contribution >= 0.6 is 0 Å². The summed E-state index contributed by atoms with van der Waals surface area (Å²) in [6.07, 6.45) is 1.02. The molecule has 0 spiro atoms. The van der Waals surface area contributed by atoms with Crippen LogP contribution in [0, 0.1) is 5.82 Å². The molecule has 3 N–H and O–H groups in total. The molecule has 0 unspecified atom stereocenters. The summed E-state index contributed by atoms with van der Waals surface area (Å²) in [4.78, 5) is 18.2. The fraction of sp³-hybridized carbons (Fsp3) is 0.176. The molecule has 6 heteroatoms. The van der Waals surface area contributed by atoms with E-state index in [1.807, 2.05) is 18.2 Å². The number of carbonyl (C=O) groups is 2. The Hall–Kier alpha value is -2.73. The largest absolute Gasteiger partial charge is 0.473 e. The maximum absolute atomic E-state index is 12.7. The second kappa shape index (κ2) is 10.1. The predicted octanol–water partition coefficient (Wildman–Crippen LogP) is 2.31. The third-order valence-electron chi connectivity index (χ3n) is 2.86.